The number of imidazole rings is 1. The molecule has 1 amide bonds. The molecule has 0 fully saturated rings. The Morgan fingerprint density at radius 3 is 2.82 bits per heavy atom. The van der Waals surface area contributed by atoms with Gasteiger partial charge in [0.15, 0.2) is 0 Å². The normalized spacial score (nSPS) is 12.9. The molecule has 2 heterocycles. The second-order valence-corrected chi connectivity index (χ2v) is 6.81. The highest BCUT2D eigenvalue weighted by Gasteiger charge is 2.16. The van der Waals surface area contributed by atoms with Crippen LogP contribution in [0.25, 0.3) is 11.4 Å². The number of amides is 1. The van der Waals surface area contributed by atoms with Gasteiger partial charge in [0.25, 0.3) is 5.91 Å². The first-order valence-electron chi connectivity index (χ1n) is 9.55. The second-order valence-electron chi connectivity index (χ2n) is 6.81. The molecule has 28 heavy (non-hydrogen) atoms. The number of carbonyl (C=O) groups is 1. The Bertz CT molecular complexity index is 989. The van der Waals surface area contributed by atoms with Crippen LogP contribution < -0.4 is 10.1 Å². The zero-order valence-corrected chi connectivity index (χ0v) is 15.7. The number of nitrogens with zero attached hydrogens (tertiary/aromatic N) is 2. The Morgan fingerprint density at radius 2 is 2.00 bits per heavy atom. The number of benzene rings is 2. The number of aromatic nitrogens is 2. The summed E-state index contributed by atoms with van der Waals surface area (Å²) < 4.78 is 7.87. The van der Waals surface area contributed by atoms with Crippen molar-refractivity contribution in [3.05, 3.63) is 78.6 Å². The minimum Gasteiger partial charge on any atom is -0.489 e. The molecule has 0 spiro atoms. The van der Waals surface area contributed by atoms with Crippen LogP contribution in [0.5, 0.6) is 5.75 Å². The van der Waals surface area contributed by atoms with Crippen molar-refractivity contribution >= 4 is 11.6 Å². The molecule has 0 atom stereocenters. The number of carbonyl (C=O) groups excluding carboxylic acids is 1. The third-order valence-electron chi connectivity index (χ3n) is 4.89. The highest BCUT2D eigenvalue weighted by atomic mass is 16.5. The second kappa shape index (κ2) is 8.13. The molecule has 5 heteroatoms. The number of hydrogen-bond acceptors (Lipinski definition) is 3. The van der Waals surface area contributed by atoms with E-state index in [-0.39, 0.29) is 5.91 Å². The monoisotopic (exact) mass is 373 g/mol. The summed E-state index contributed by atoms with van der Waals surface area (Å²) in [6.45, 7) is 5.02. The Balaban J connectivity index is 1.50. The van der Waals surface area contributed by atoms with E-state index in [0.717, 1.165) is 30.0 Å². The van der Waals surface area contributed by atoms with Gasteiger partial charge in [-0.2, -0.15) is 0 Å². The molecule has 0 radical (unpaired) electrons. The average Bonchev–Trinajstić information content (AvgIpc) is 3.17. The fraction of sp³-hybridized carbons (Fsp3) is 0.217. The van der Waals surface area contributed by atoms with Gasteiger partial charge < -0.3 is 14.6 Å². The van der Waals surface area contributed by atoms with Gasteiger partial charge in [-0.25, -0.2) is 4.98 Å². The Hall–Kier alpha value is -3.34. The van der Waals surface area contributed by atoms with Crippen molar-refractivity contribution < 1.29 is 9.53 Å². The smallest absolute Gasteiger partial charge is 0.259 e. The zero-order valence-electron chi connectivity index (χ0n) is 15.7. The lowest BCUT2D eigenvalue weighted by Gasteiger charge is -2.16. The lowest BCUT2D eigenvalue weighted by atomic mass is 10.1. The molecule has 0 saturated heterocycles. The molecule has 3 aromatic rings. The first-order chi connectivity index (χ1) is 13.8. The number of anilines is 1. The SMILES string of the molecule is C=CCOc1ccccc1C(=O)Nc1ccc(-c2ncc3n2CCCC3)cc1. The van der Waals surface area contributed by atoms with E-state index in [1.54, 1.807) is 18.2 Å². The molecule has 5 nitrogen and oxygen atoms in total. The maximum atomic E-state index is 12.7. The van der Waals surface area contributed by atoms with Crippen molar-refractivity contribution in [2.24, 2.45) is 0 Å². The summed E-state index contributed by atoms with van der Waals surface area (Å²) >= 11 is 0. The van der Waals surface area contributed by atoms with Gasteiger partial charge in [0.05, 0.1) is 5.56 Å². The van der Waals surface area contributed by atoms with E-state index >= 15 is 0 Å². The molecule has 1 aromatic heterocycles. The van der Waals surface area contributed by atoms with E-state index in [4.69, 9.17) is 4.74 Å². The van der Waals surface area contributed by atoms with Gasteiger partial charge in [-0.1, -0.05) is 24.8 Å². The predicted octanol–water partition coefficient (Wildman–Crippen LogP) is 4.70. The molecule has 1 aliphatic heterocycles. The van der Waals surface area contributed by atoms with E-state index in [9.17, 15) is 4.79 Å². The molecular weight excluding hydrogens is 350 g/mol. The van der Waals surface area contributed by atoms with Gasteiger partial charge in [-0.15, -0.1) is 0 Å². The van der Waals surface area contributed by atoms with E-state index in [2.05, 4.69) is 21.4 Å². The number of aryl methyl sites for hydroxylation is 1. The molecule has 142 valence electrons. The Kier molecular flexibility index (Phi) is 5.24. The summed E-state index contributed by atoms with van der Waals surface area (Å²) in [4.78, 5) is 17.3. The van der Waals surface area contributed by atoms with Gasteiger partial charge in [0.2, 0.25) is 0 Å². The molecule has 1 N–H and O–H groups in total. The minimum absolute atomic E-state index is 0.203. The van der Waals surface area contributed by atoms with Crippen molar-refractivity contribution in [3.63, 3.8) is 0 Å². The van der Waals surface area contributed by atoms with Crippen LogP contribution in [-0.4, -0.2) is 22.1 Å². The standard InChI is InChI=1S/C23H23N3O2/c1-2-15-28-21-9-4-3-8-20(21)23(27)25-18-12-10-17(11-13-18)22-24-16-19-7-5-6-14-26(19)22/h2-4,8-13,16H,1,5-7,14-15H2,(H,25,27). The Labute approximate surface area is 164 Å². The highest BCUT2D eigenvalue weighted by molar-refractivity contribution is 6.06. The molecule has 0 bridgehead atoms. The number of fused-ring (bicyclic) bond motifs is 1. The number of para-hydroxylation sites is 1. The van der Waals surface area contributed by atoms with Crippen LogP contribution in [0, 0.1) is 0 Å². The summed E-state index contributed by atoms with van der Waals surface area (Å²) in [6.07, 6.45) is 7.15. The molecule has 0 unspecified atom stereocenters. The third-order valence-corrected chi connectivity index (χ3v) is 4.89. The summed E-state index contributed by atoms with van der Waals surface area (Å²) in [6, 6.07) is 15.0. The van der Waals surface area contributed by atoms with E-state index < -0.39 is 0 Å². The van der Waals surface area contributed by atoms with Gasteiger partial charge in [-0.3, -0.25) is 4.79 Å². The fourth-order valence-corrected chi connectivity index (χ4v) is 3.50. The molecule has 1 aliphatic rings. The van der Waals surface area contributed by atoms with Crippen molar-refractivity contribution in [2.45, 2.75) is 25.8 Å². The quantitative estimate of drug-likeness (QED) is 0.637. The van der Waals surface area contributed by atoms with Crippen LogP contribution in [0.1, 0.15) is 28.9 Å². The van der Waals surface area contributed by atoms with Gasteiger partial charge >= 0.3 is 0 Å². The number of rotatable bonds is 6. The number of ether oxygens (including phenoxy) is 1. The van der Waals surface area contributed by atoms with Crippen LogP contribution in [0.4, 0.5) is 5.69 Å². The molecule has 2 aromatic carbocycles. The molecule has 0 saturated carbocycles. The van der Waals surface area contributed by atoms with E-state index in [0.29, 0.717) is 17.9 Å². The van der Waals surface area contributed by atoms with Gasteiger partial charge in [0.1, 0.15) is 18.2 Å². The summed E-state index contributed by atoms with van der Waals surface area (Å²) in [5, 5.41) is 2.94. The lowest BCUT2D eigenvalue weighted by molar-refractivity contribution is 0.102. The molecular formula is C23H23N3O2. The third kappa shape index (κ3) is 3.69. The first-order valence-corrected chi connectivity index (χ1v) is 9.55. The van der Waals surface area contributed by atoms with E-state index in [1.165, 1.54) is 18.5 Å². The van der Waals surface area contributed by atoms with Crippen LogP contribution in [0.15, 0.2) is 67.4 Å². The van der Waals surface area contributed by atoms with Crippen LogP contribution in [-0.2, 0) is 13.0 Å². The molecule has 0 aliphatic carbocycles. The van der Waals surface area contributed by atoms with Gasteiger partial charge in [-0.05, 0) is 55.7 Å². The van der Waals surface area contributed by atoms with Crippen molar-refractivity contribution in [3.8, 4) is 17.1 Å². The van der Waals surface area contributed by atoms with Crippen molar-refractivity contribution in [1.82, 2.24) is 9.55 Å². The lowest BCUT2D eigenvalue weighted by Crippen LogP contribution is -2.13. The van der Waals surface area contributed by atoms with Crippen LogP contribution in [0.3, 0.4) is 0 Å². The van der Waals surface area contributed by atoms with Crippen molar-refractivity contribution in [1.29, 1.82) is 0 Å². The maximum Gasteiger partial charge on any atom is 0.259 e. The van der Waals surface area contributed by atoms with Crippen LogP contribution >= 0.6 is 0 Å². The maximum absolute atomic E-state index is 12.7. The average molecular weight is 373 g/mol. The van der Waals surface area contributed by atoms with Crippen LogP contribution in [0.2, 0.25) is 0 Å². The van der Waals surface area contributed by atoms with E-state index in [1.807, 2.05) is 42.6 Å². The summed E-state index contributed by atoms with van der Waals surface area (Å²) in [5.41, 5.74) is 3.59. The number of hydrogen-bond donors (Lipinski definition) is 1. The molecule has 4 rings (SSSR count). The fourth-order valence-electron chi connectivity index (χ4n) is 3.50. The first kappa shape index (κ1) is 18.0. The highest BCUT2D eigenvalue weighted by Crippen LogP contribution is 2.26. The Morgan fingerprint density at radius 1 is 1.18 bits per heavy atom. The number of nitrogens with one attached hydrogen (secondary N) is 1. The van der Waals surface area contributed by atoms with Gasteiger partial charge in [0, 0.05) is 29.7 Å². The largest absolute Gasteiger partial charge is 0.489 e. The van der Waals surface area contributed by atoms with Crippen molar-refractivity contribution in [2.75, 3.05) is 11.9 Å². The minimum atomic E-state index is -0.203. The topological polar surface area (TPSA) is 56.1 Å². The predicted molar refractivity (Wildman–Crippen MR) is 111 cm³/mol. The summed E-state index contributed by atoms with van der Waals surface area (Å²) in [5.74, 6) is 1.34. The summed E-state index contributed by atoms with van der Waals surface area (Å²) in [7, 11) is 0. The zero-order chi connectivity index (χ0) is 19.3.